The van der Waals surface area contributed by atoms with Gasteiger partial charge in [0.25, 0.3) is 0 Å². The highest BCUT2D eigenvalue weighted by Crippen LogP contribution is 2.39. The largest absolute Gasteiger partial charge is 0.469 e. The molecule has 1 heterocycles. The van der Waals surface area contributed by atoms with E-state index in [2.05, 4.69) is 0 Å². The van der Waals surface area contributed by atoms with Crippen LogP contribution in [0, 0.1) is 11.8 Å². The summed E-state index contributed by atoms with van der Waals surface area (Å²) in [4.78, 5) is 23.6. The monoisotopic (exact) mass is 264 g/mol. The summed E-state index contributed by atoms with van der Waals surface area (Å²) >= 11 is 0. The third kappa shape index (κ3) is 2.61. The predicted molar refractivity (Wildman–Crippen MR) is 66.1 cm³/mol. The zero-order valence-corrected chi connectivity index (χ0v) is 10.9. The summed E-state index contributed by atoms with van der Waals surface area (Å²) in [6.07, 6.45) is -0.474. The first-order valence-electron chi connectivity index (χ1n) is 6.01. The highest BCUT2D eigenvalue weighted by Gasteiger charge is 2.47. The zero-order chi connectivity index (χ0) is 13.8. The number of ether oxygens (including phenoxy) is 3. The van der Waals surface area contributed by atoms with Crippen LogP contribution in [0.1, 0.15) is 11.7 Å². The van der Waals surface area contributed by atoms with Gasteiger partial charge in [0, 0.05) is 0 Å². The number of rotatable bonds is 3. The van der Waals surface area contributed by atoms with Crippen molar-refractivity contribution < 1.29 is 23.8 Å². The molecule has 1 aliphatic heterocycles. The van der Waals surface area contributed by atoms with Gasteiger partial charge >= 0.3 is 11.9 Å². The first-order valence-corrected chi connectivity index (χ1v) is 6.01. The smallest absolute Gasteiger partial charge is 0.312 e. The van der Waals surface area contributed by atoms with Gasteiger partial charge in [0.2, 0.25) is 0 Å². The van der Waals surface area contributed by atoms with E-state index < -0.39 is 29.9 Å². The Balaban J connectivity index is 2.29. The van der Waals surface area contributed by atoms with Crippen LogP contribution in [-0.4, -0.2) is 32.8 Å². The van der Waals surface area contributed by atoms with Crippen LogP contribution in [0.4, 0.5) is 0 Å². The van der Waals surface area contributed by atoms with Crippen molar-refractivity contribution in [2.45, 2.75) is 6.10 Å². The zero-order valence-electron chi connectivity index (χ0n) is 10.9. The lowest BCUT2D eigenvalue weighted by Crippen LogP contribution is -2.31. The van der Waals surface area contributed by atoms with Gasteiger partial charge in [-0.15, -0.1) is 0 Å². The van der Waals surface area contributed by atoms with E-state index >= 15 is 0 Å². The number of carbonyl (C=O) groups excluding carboxylic acids is 2. The van der Waals surface area contributed by atoms with Crippen LogP contribution in [0.2, 0.25) is 0 Å². The molecule has 1 fully saturated rings. The van der Waals surface area contributed by atoms with Crippen LogP contribution in [0.3, 0.4) is 0 Å². The van der Waals surface area contributed by atoms with E-state index in [0.717, 1.165) is 5.56 Å². The maximum atomic E-state index is 11.9. The average molecular weight is 264 g/mol. The molecule has 0 bridgehead atoms. The summed E-state index contributed by atoms with van der Waals surface area (Å²) < 4.78 is 15.1. The molecule has 3 atom stereocenters. The number of hydrogen-bond acceptors (Lipinski definition) is 5. The van der Waals surface area contributed by atoms with Crippen molar-refractivity contribution in [3.63, 3.8) is 0 Å². The molecule has 0 spiro atoms. The van der Waals surface area contributed by atoms with E-state index in [1.165, 1.54) is 14.2 Å². The molecule has 5 heteroatoms. The molecule has 0 aliphatic carbocycles. The Morgan fingerprint density at radius 3 is 2.32 bits per heavy atom. The Hall–Kier alpha value is -1.88. The van der Waals surface area contributed by atoms with Gasteiger partial charge in [0.1, 0.15) is 5.92 Å². The number of benzene rings is 1. The SMILES string of the molecule is COC(=O)[C@H]1[C@@H](C(=O)OC)CO[C@H]1c1ccccc1. The van der Waals surface area contributed by atoms with Crippen molar-refractivity contribution >= 4 is 11.9 Å². The quantitative estimate of drug-likeness (QED) is 0.771. The van der Waals surface area contributed by atoms with Gasteiger partial charge in [0.05, 0.1) is 32.8 Å². The molecule has 1 aromatic rings. The van der Waals surface area contributed by atoms with Gasteiger partial charge in [-0.05, 0) is 5.56 Å². The van der Waals surface area contributed by atoms with Crippen LogP contribution >= 0.6 is 0 Å². The van der Waals surface area contributed by atoms with E-state index in [1.54, 1.807) is 0 Å². The Morgan fingerprint density at radius 1 is 1.11 bits per heavy atom. The Morgan fingerprint density at radius 2 is 1.74 bits per heavy atom. The molecule has 1 aromatic carbocycles. The number of esters is 2. The molecule has 0 saturated carbocycles. The van der Waals surface area contributed by atoms with Crippen LogP contribution in [0.25, 0.3) is 0 Å². The Labute approximate surface area is 111 Å². The lowest BCUT2D eigenvalue weighted by atomic mass is 9.87. The summed E-state index contributed by atoms with van der Waals surface area (Å²) in [6, 6.07) is 9.32. The van der Waals surface area contributed by atoms with E-state index in [4.69, 9.17) is 14.2 Å². The van der Waals surface area contributed by atoms with Crippen molar-refractivity contribution in [2.75, 3.05) is 20.8 Å². The Bertz CT molecular complexity index is 456. The van der Waals surface area contributed by atoms with Gasteiger partial charge in [0.15, 0.2) is 0 Å². The van der Waals surface area contributed by atoms with Crippen LogP contribution in [0.15, 0.2) is 30.3 Å². The fourth-order valence-corrected chi connectivity index (χ4v) is 2.36. The van der Waals surface area contributed by atoms with Gasteiger partial charge in [-0.25, -0.2) is 0 Å². The average Bonchev–Trinajstić information content (AvgIpc) is 2.91. The molecule has 102 valence electrons. The molecule has 19 heavy (non-hydrogen) atoms. The highest BCUT2D eigenvalue weighted by molar-refractivity contribution is 5.83. The van der Waals surface area contributed by atoms with Crippen molar-refractivity contribution in [1.29, 1.82) is 0 Å². The lowest BCUT2D eigenvalue weighted by molar-refractivity contribution is -0.156. The predicted octanol–water partition coefficient (Wildman–Crippen LogP) is 1.34. The van der Waals surface area contributed by atoms with Crippen LogP contribution in [0.5, 0.6) is 0 Å². The maximum Gasteiger partial charge on any atom is 0.312 e. The lowest BCUT2D eigenvalue weighted by Gasteiger charge is -2.19. The van der Waals surface area contributed by atoms with Crippen molar-refractivity contribution in [3.05, 3.63) is 35.9 Å². The van der Waals surface area contributed by atoms with E-state index in [1.807, 2.05) is 30.3 Å². The fourth-order valence-electron chi connectivity index (χ4n) is 2.36. The third-order valence-electron chi connectivity index (χ3n) is 3.32. The number of hydrogen-bond donors (Lipinski definition) is 0. The molecule has 0 unspecified atom stereocenters. The molecule has 2 rings (SSSR count). The van der Waals surface area contributed by atoms with Crippen molar-refractivity contribution in [3.8, 4) is 0 Å². The molecule has 0 N–H and O–H groups in total. The first-order chi connectivity index (χ1) is 9.19. The van der Waals surface area contributed by atoms with Crippen LogP contribution < -0.4 is 0 Å². The molecular weight excluding hydrogens is 248 g/mol. The molecule has 0 aromatic heterocycles. The molecular formula is C14H16O5. The normalized spacial score (nSPS) is 25.9. The van der Waals surface area contributed by atoms with Crippen molar-refractivity contribution in [2.24, 2.45) is 11.8 Å². The summed E-state index contributed by atoms with van der Waals surface area (Å²) in [7, 11) is 2.60. The second kappa shape index (κ2) is 5.84. The summed E-state index contributed by atoms with van der Waals surface area (Å²) in [5.74, 6) is -2.20. The summed E-state index contributed by atoms with van der Waals surface area (Å²) in [5, 5.41) is 0. The van der Waals surface area contributed by atoms with Gasteiger partial charge in [-0.3, -0.25) is 9.59 Å². The molecule has 1 aliphatic rings. The van der Waals surface area contributed by atoms with Gasteiger partial charge in [-0.2, -0.15) is 0 Å². The summed E-state index contributed by atoms with van der Waals surface area (Å²) in [5.41, 5.74) is 0.851. The summed E-state index contributed by atoms with van der Waals surface area (Å²) in [6.45, 7) is 0.159. The maximum absolute atomic E-state index is 11.9. The van der Waals surface area contributed by atoms with Gasteiger partial charge in [-0.1, -0.05) is 30.3 Å². The minimum atomic E-state index is -0.667. The van der Waals surface area contributed by atoms with Crippen molar-refractivity contribution in [1.82, 2.24) is 0 Å². The first kappa shape index (κ1) is 13.5. The minimum absolute atomic E-state index is 0.159. The second-order valence-corrected chi connectivity index (χ2v) is 4.34. The Kier molecular flexibility index (Phi) is 4.16. The number of carbonyl (C=O) groups is 2. The van der Waals surface area contributed by atoms with Gasteiger partial charge < -0.3 is 14.2 Å². The van der Waals surface area contributed by atoms with E-state index in [0.29, 0.717) is 0 Å². The minimum Gasteiger partial charge on any atom is -0.469 e. The molecule has 0 amide bonds. The number of methoxy groups -OCH3 is 2. The third-order valence-corrected chi connectivity index (χ3v) is 3.32. The standard InChI is InChI=1S/C14H16O5/c1-17-13(15)10-8-19-12(11(10)14(16)18-2)9-6-4-3-5-7-9/h3-7,10-12H,8H2,1-2H3/t10-,11-,12-/m0/s1. The molecule has 5 nitrogen and oxygen atoms in total. The fraction of sp³-hybridized carbons (Fsp3) is 0.429. The molecule has 1 saturated heterocycles. The van der Waals surface area contributed by atoms with E-state index in [9.17, 15) is 9.59 Å². The van der Waals surface area contributed by atoms with Crippen LogP contribution in [-0.2, 0) is 23.8 Å². The molecule has 0 radical (unpaired) electrons. The highest BCUT2D eigenvalue weighted by atomic mass is 16.5. The topological polar surface area (TPSA) is 61.8 Å². The second-order valence-electron chi connectivity index (χ2n) is 4.34. The van der Waals surface area contributed by atoms with E-state index in [-0.39, 0.29) is 6.61 Å².